The van der Waals surface area contributed by atoms with E-state index in [2.05, 4.69) is 16.3 Å². The van der Waals surface area contributed by atoms with Crippen LogP contribution >= 0.6 is 12.4 Å². The molecule has 1 aromatic carbocycles. The minimum absolute atomic E-state index is 0. The molecule has 2 saturated heterocycles. The van der Waals surface area contributed by atoms with Gasteiger partial charge in [-0.15, -0.1) is 12.4 Å². The Morgan fingerprint density at radius 2 is 2.00 bits per heavy atom. The van der Waals surface area contributed by atoms with Crippen molar-refractivity contribution in [3.8, 4) is 0 Å². The number of halogens is 1. The van der Waals surface area contributed by atoms with Gasteiger partial charge >= 0.3 is 0 Å². The van der Waals surface area contributed by atoms with Crippen LogP contribution in [-0.2, 0) is 6.54 Å². The van der Waals surface area contributed by atoms with Crippen LogP contribution in [0.5, 0.6) is 0 Å². The number of nitrogens with zero attached hydrogens (tertiary/aromatic N) is 1. The molecule has 0 aliphatic carbocycles. The van der Waals surface area contributed by atoms with Crippen molar-refractivity contribution in [3.05, 3.63) is 35.4 Å². The van der Waals surface area contributed by atoms with Crippen LogP contribution in [-0.4, -0.2) is 37.0 Å². The number of carbonyl (C=O) groups is 1. The summed E-state index contributed by atoms with van der Waals surface area (Å²) in [4.78, 5) is 13.6. The Morgan fingerprint density at radius 1 is 1.32 bits per heavy atom. The van der Waals surface area contributed by atoms with Gasteiger partial charge in [0, 0.05) is 25.2 Å². The van der Waals surface area contributed by atoms with Crippen LogP contribution in [0.1, 0.15) is 15.9 Å². The van der Waals surface area contributed by atoms with Crippen LogP contribution in [0.25, 0.3) is 0 Å². The van der Waals surface area contributed by atoms with E-state index in [1.165, 1.54) is 18.7 Å². The molecule has 2 heterocycles. The molecule has 0 unspecified atom stereocenters. The van der Waals surface area contributed by atoms with Crippen molar-refractivity contribution in [2.45, 2.75) is 6.54 Å². The Balaban J connectivity index is 0.00000133. The van der Waals surface area contributed by atoms with Crippen molar-refractivity contribution in [1.29, 1.82) is 0 Å². The number of nitrogens with one attached hydrogen (secondary N) is 1. The summed E-state index contributed by atoms with van der Waals surface area (Å²) in [5.41, 5.74) is 7.09. The summed E-state index contributed by atoms with van der Waals surface area (Å²) in [6, 6.07) is 7.66. The predicted octanol–water partition coefficient (Wildman–Crippen LogP) is 0.858. The molecule has 1 aromatic rings. The predicted molar refractivity (Wildman–Crippen MR) is 77.3 cm³/mol. The second-order valence-corrected chi connectivity index (χ2v) is 5.44. The monoisotopic (exact) mass is 281 g/mol. The number of primary amides is 1. The molecule has 2 fully saturated rings. The molecule has 0 spiro atoms. The van der Waals surface area contributed by atoms with Gasteiger partial charge in [0.2, 0.25) is 5.91 Å². The number of rotatable bonds is 3. The molecule has 2 aliphatic rings. The first-order chi connectivity index (χ1) is 8.72. The molecule has 4 nitrogen and oxygen atoms in total. The second kappa shape index (κ2) is 5.90. The van der Waals surface area contributed by atoms with E-state index in [0.717, 1.165) is 31.5 Å². The summed E-state index contributed by atoms with van der Waals surface area (Å²) in [5, 5.41) is 3.44. The topological polar surface area (TPSA) is 58.4 Å². The molecular formula is C14H20ClN3O. The van der Waals surface area contributed by atoms with Crippen LogP contribution in [0.15, 0.2) is 24.3 Å². The maximum absolute atomic E-state index is 11.2. The number of nitrogens with two attached hydrogens (primary N) is 1. The highest BCUT2D eigenvalue weighted by Gasteiger charge is 2.35. The number of hydrogen-bond donors (Lipinski definition) is 2. The van der Waals surface area contributed by atoms with E-state index in [1.807, 2.05) is 12.1 Å². The van der Waals surface area contributed by atoms with Crippen LogP contribution in [0.2, 0.25) is 0 Å². The lowest BCUT2D eigenvalue weighted by Crippen LogP contribution is -2.25. The van der Waals surface area contributed by atoms with Crippen LogP contribution in [0.4, 0.5) is 0 Å². The van der Waals surface area contributed by atoms with E-state index in [9.17, 15) is 4.79 Å². The molecule has 0 radical (unpaired) electrons. The highest BCUT2D eigenvalue weighted by atomic mass is 35.5. The normalized spacial score (nSPS) is 25.9. The number of benzene rings is 1. The molecule has 3 N–H and O–H groups in total. The van der Waals surface area contributed by atoms with Gasteiger partial charge in [-0.1, -0.05) is 12.1 Å². The smallest absolute Gasteiger partial charge is 0.248 e. The maximum Gasteiger partial charge on any atom is 0.248 e. The van der Waals surface area contributed by atoms with E-state index in [0.29, 0.717) is 5.56 Å². The first-order valence-corrected chi connectivity index (χ1v) is 6.54. The van der Waals surface area contributed by atoms with E-state index in [4.69, 9.17) is 5.73 Å². The highest BCUT2D eigenvalue weighted by Crippen LogP contribution is 2.27. The van der Waals surface area contributed by atoms with Crippen molar-refractivity contribution < 1.29 is 4.79 Å². The number of amides is 1. The molecule has 0 bridgehead atoms. The lowest BCUT2D eigenvalue weighted by atomic mass is 10.0. The molecule has 0 aromatic heterocycles. The molecular weight excluding hydrogens is 262 g/mol. The average molecular weight is 282 g/mol. The van der Waals surface area contributed by atoms with E-state index < -0.39 is 0 Å². The summed E-state index contributed by atoms with van der Waals surface area (Å²) in [6.45, 7) is 5.57. The number of carbonyl (C=O) groups excluding carboxylic acids is 1. The fourth-order valence-corrected chi connectivity index (χ4v) is 3.16. The van der Waals surface area contributed by atoms with Gasteiger partial charge in [0.25, 0.3) is 0 Å². The quantitative estimate of drug-likeness (QED) is 0.864. The Kier molecular flexibility index (Phi) is 4.45. The largest absolute Gasteiger partial charge is 0.366 e. The summed E-state index contributed by atoms with van der Waals surface area (Å²) < 4.78 is 0. The van der Waals surface area contributed by atoms with Crippen molar-refractivity contribution in [3.63, 3.8) is 0 Å². The molecule has 104 valence electrons. The third-order valence-electron chi connectivity index (χ3n) is 4.08. The van der Waals surface area contributed by atoms with Crippen LogP contribution in [0, 0.1) is 11.8 Å². The zero-order chi connectivity index (χ0) is 12.5. The summed E-state index contributed by atoms with van der Waals surface area (Å²) in [6.07, 6.45) is 0. The first-order valence-electron chi connectivity index (χ1n) is 6.54. The van der Waals surface area contributed by atoms with Gasteiger partial charge in [-0.3, -0.25) is 9.69 Å². The molecule has 3 rings (SSSR count). The number of likely N-dealkylation sites (tertiary alicyclic amines) is 1. The van der Waals surface area contributed by atoms with Gasteiger partial charge in [-0.05, 0) is 42.6 Å². The van der Waals surface area contributed by atoms with Gasteiger partial charge < -0.3 is 11.1 Å². The summed E-state index contributed by atoms with van der Waals surface area (Å²) in [5.74, 6) is 1.27. The lowest BCUT2D eigenvalue weighted by Gasteiger charge is -2.17. The molecule has 19 heavy (non-hydrogen) atoms. The van der Waals surface area contributed by atoms with Gasteiger partial charge in [-0.2, -0.15) is 0 Å². The number of fused-ring (bicyclic) bond motifs is 1. The molecule has 2 aliphatic heterocycles. The fourth-order valence-electron chi connectivity index (χ4n) is 3.16. The third kappa shape index (κ3) is 3.08. The Morgan fingerprint density at radius 3 is 2.63 bits per heavy atom. The van der Waals surface area contributed by atoms with Crippen LogP contribution in [0.3, 0.4) is 0 Å². The first kappa shape index (κ1) is 14.3. The van der Waals surface area contributed by atoms with E-state index in [-0.39, 0.29) is 18.3 Å². The van der Waals surface area contributed by atoms with Gasteiger partial charge in [0.15, 0.2) is 0 Å². The molecule has 1 amide bonds. The van der Waals surface area contributed by atoms with Gasteiger partial charge in [0.05, 0.1) is 0 Å². The summed E-state index contributed by atoms with van der Waals surface area (Å²) in [7, 11) is 0. The van der Waals surface area contributed by atoms with Gasteiger partial charge in [0.1, 0.15) is 0 Å². The third-order valence-corrected chi connectivity index (χ3v) is 4.08. The van der Waals surface area contributed by atoms with Gasteiger partial charge in [-0.25, -0.2) is 0 Å². The minimum atomic E-state index is -0.348. The Bertz CT molecular complexity index is 454. The molecule has 2 atom stereocenters. The molecule has 5 heteroatoms. The van der Waals surface area contributed by atoms with E-state index >= 15 is 0 Å². The highest BCUT2D eigenvalue weighted by molar-refractivity contribution is 5.92. The van der Waals surface area contributed by atoms with Crippen LogP contribution < -0.4 is 11.1 Å². The van der Waals surface area contributed by atoms with Crippen molar-refractivity contribution >= 4 is 18.3 Å². The lowest BCUT2D eigenvalue weighted by molar-refractivity contribution is 0.1000. The molecule has 0 saturated carbocycles. The van der Waals surface area contributed by atoms with Crippen molar-refractivity contribution in [1.82, 2.24) is 10.2 Å². The average Bonchev–Trinajstić information content (AvgIpc) is 2.90. The number of hydrogen-bond acceptors (Lipinski definition) is 3. The van der Waals surface area contributed by atoms with Crippen molar-refractivity contribution in [2.24, 2.45) is 17.6 Å². The Labute approximate surface area is 119 Å². The second-order valence-electron chi connectivity index (χ2n) is 5.44. The summed E-state index contributed by atoms with van der Waals surface area (Å²) >= 11 is 0. The SMILES string of the molecule is Cl.NC(=O)c1cccc(CN2C[C@H]3CNC[C@H]3C2)c1. The zero-order valence-corrected chi connectivity index (χ0v) is 11.7. The van der Waals surface area contributed by atoms with Crippen molar-refractivity contribution in [2.75, 3.05) is 26.2 Å². The zero-order valence-electron chi connectivity index (χ0n) is 10.8. The standard InChI is InChI=1S/C14H19N3O.ClH/c15-14(18)11-3-1-2-10(4-11)7-17-8-12-5-16-6-13(12)9-17;/h1-4,12-13,16H,5-9H2,(H2,15,18);1H/t12-,13+;. The minimum Gasteiger partial charge on any atom is -0.366 e. The fraction of sp³-hybridized carbons (Fsp3) is 0.500. The Hall–Kier alpha value is -1.10. The van der Waals surface area contributed by atoms with E-state index in [1.54, 1.807) is 6.07 Å². The maximum atomic E-state index is 11.2.